The third kappa shape index (κ3) is 6.15. The van der Waals surface area contributed by atoms with E-state index in [2.05, 4.69) is 72.3 Å². The Morgan fingerprint density at radius 3 is 2.54 bits per heavy atom. The number of hydrogen-bond acceptors (Lipinski definition) is 4. The minimum absolute atomic E-state index is 0.268. The molecule has 1 fully saturated rings. The van der Waals surface area contributed by atoms with Crippen LogP contribution in [-0.2, 0) is 32.6 Å². The number of halogens is 1. The lowest BCUT2D eigenvalue weighted by Gasteiger charge is -2.34. The average Bonchev–Trinajstić information content (AvgIpc) is 3.49. The minimum atomic E-state index is -0.348. The van der Waals surface area contributed by atoms with Gasteiger partial charge in [-0.3, -0.25) is 9.88 Å². The van der Waals surface area contributed by atoms with E-state index in [9.17, 15) is 4.39 Å². The fourth-order valence-corrected chi connectivity index (χ4v) is 6.44. The minimum Gasteiger partial charge on any atom is -0.488 e. The zero-order valence-electron chi connectivity index (χ0n) is 24.2. The summed E-state index contributed by atoms with van der Waals surface area (Å²) >= 11 is 0. The summed E-state index contributed by atoms with van der Waals surface area (Å²) in [5.41, 5.74) is 9.55. The molecule has 0 unspecified atom stereocenters. The molecule has 0 radical (unpaired) electrons. The van der Waals surface area contributed by atoms with Crippen LogP contribution < -0.4 is 9.47 Å². The van der Waals surface area contributed by atoms with Crippen molar-refractivity contribution in [2.45, 2.75) is 78.2 Å². The molecule has 1 aliphatic heterocycles. The number of rotatable bonds is 9. The van der Waals surface area contributed by atoms with Gasteiger partial charge < -0.3 is 9.47 Å². The molecule has 1 saturated heterocycles. The predicted octanol–water partition coefficient (Wildman–Crippen LogP) is 8.22. The van der Waals surface area contributed by atoms with Gasteiger partial charge in [-0.25, -0.2) is 4.39 Å². The predicted molar refractivity (Wildman–Crippen MR) is 162 cm³/mol. The van der Waals surface area contributed by atoms with Crippen LogP contribution in [-0.4, -0.2) is 22.5 Å². The van der Waals surface area contributed by atoms with Crippen LogP contribution in [0.4, 0.5) is 4.39 Å². The molecule has 2 heterocycles. The Bertz CT molecular complexity index is 1500. The Balaban J connectivity index is 1.31. The van der Waals surface area contributed by atoms with E-state index >= 15 is 0 Å². The second kappa shape index (κ2) is 12.4. The standard InChI is InChI=1S/C36H39FN2O2/c1-25-10-6-7-17-39(25)22-34-32-15-9-16-33(32)35(19-36(34)40-23-27-18-30(37)21-38-20-27)41-24-29-13-8-14-31(26(29)2)28-11-4-3-5-12-28/h3-5,8,11-14,18-21,25H,6-7,9-10,15-17,22-24H2,1-2H3/t25-/m1/s1. The zero-order chi connectivity index (χ0) is 28.2. The summed E-state index contributed by atoms with van der Waals surface area (Å²) < 4.78 is 26.9. The quantitative estimate of drug-likeness (QED) is 0.210. The molecule has 4 nitrogen and oxygen atoms in total. The van der Waals surface area contributed by atoms with Crippen LogP contribution in [0.1, 0.15) is 66.0 Å². The smallest absolute Gasteiger partial charge is 0.141 e. The van der Waals surface area contributed by atoms with Gasteiger partial charge in [0.05, 0.1) is 6.20 Å². The lowest BCUT2D eigenvalue weighted by molar-refractivity contribution is 0.149. The summed E-state index contributed by atoms with van der Waals surface area (Å²) in [7, 11) is 0. The van der Waals surface area contributed by atoms with Crippen molar-refractivity contribution >= 4 is 0 Å². The molecule has 3 aromatic carbocycles. The van der Waals surface area contributed by atoms with Crippen molar-refractivity contribution in [3.8, 4) is 22.6 Å². The van der Waals surface area contributed by atoms with Crippen molar-refractivity contribution in [1.29, 1.82) is 0 Å². The summed E-state index contributed by atoms with van der Waals surface area (Å²) in [4.78, 5) is 6.60. The zero-order valence-corrected chi connectivity index (χ0v) is 24.2. The lowest BCUT2D eigenvalue weighted by Crippen LogP contribution is -2.37. The molecule has 4 aromatic rings. The van der Waals surface area contributed by atoms with Crippen LogP contribution in [0.3, 0.4) is 0 Å². The van der Waals surface area contributed by atoms with Crippen LogP contribution >= 0.6 is 0 Å². The maximum atomic E-state index is 13.9. The van der Waals surface area contributed by atoms with E-state index in [4.69, 9.17) is 9.47 Å². The average molecular weight is 551 g/mol. The highest BCUT2D eigenvalue weighted by atomic mass is 19.1. The third-order valence-corrected chi connectivity index (χ3v) is 8.81. The molecule has 1 aromatic heterocycles. The summed E-state index contributed by atoms with van der Waals surface area (Å²) in [6.45, 7) is 7.26. The molecule has 0 spiro atoms. The van der Waals surface area contributed by atoms with Gasteiger partial charge >= 0.3 is 0 Å². The van der Waals surface area contributed by atoms with Crippen molar-refractivity contribution in [1.82, 2.24) is 9.88 Å². The van der Waals surface area contributed by atoms with Crippen LogP contribution in [0, 0.1) is 12.7 Å². The molecule has 0 saturated carbocycles. The maximum Gasteiger partial charge on any atom is 0.141 e. The van der Waals surface area contributed by atoms with Crippen molar-refractivity contribution in [2.75, 3.05) is 6.54 Å². The van der Waals surface area contributed by atoms with E-state index in [1.54, 1.807) is 6.20 Å². The second-order valence-corrected chi connectivity index (χ2v) is 11.5. The van der Waals surface area contributed by atoms with Crippen molar-refractivity contribution in [3.05, 3.63) is 112 Å². The fourth-order valence-electron chi connectivity index (χ4n) is 6.44. The summed E-state index contributed by atoms with van der Waals surface area (Å²) in [5.74, 6) is 1.40. The van der Waals surface area contributed by atoms with E-state index in [0.29, 0.717) is 12.6 Å². The highest BCUT2D eigenvalue weighted by Gasteiger charge is 2.27. The molecule has 5 heteroatoms. The van der Waals surface area contributed by atoms with E-state index in [0.717, 1.165) is 49.4 Å². The lowest BCUT2D eigenvalue weighted by atomic mass is 9.96. The SMILES string of the molecule is Cc1c(COc2cc(OCc3cncc(F)c3)c(CN3CCCC[C@H]3C)c3c2CCC3)cccc1-c1ccccc1. The number of fused-ring (bicyclic) bond motifs is 1. The molecule has 41 heavy (non-hydrogen) atoms. The van der Waals surface area contributed by atoms with Gasteiger partial charge in [-0.1, -0.05) is 55.0 Å². The van der Waals surface area contributed by atoms with Gasteiger partial charge in [-0.2, -0.15) is 0 Å². The first-order chi connectivity index (χ1) is 20.1. The third-order valence-electron chi connectivity index (χ3n) is 8.81. The van der Waals surface area contributed by atoms with Crippen LogP contribution in [0.15, 0.2) is 73.1 Å². The Kier molecular flexibility index (Phi) is 8.33. The number of piperidine rings is 1. The van der Waals surface area contributed by atoms with Gasteiger partial charge in [0.2, 0.25) is 0 Å². The molecule has 2 aliphatic rings. The van der Waals surface area contributed by atoms with Gasteiger partial charge in [0.25, 0.3) is 0 Å². The highest BCUT2D eigenvalue weighted by Crippen LogP contribution is 2.41. The number of ether oxygens (including phenoxy) is 2. The van der Waals surface area contributed by atoms with Crippen LogP contribution in [0.5, 0.6) is 11.5 Å². The van der Waals surface area contributed by atoms with Gasteiger partial charge in [0.15, 0.2) is 0 Å². The fraction of sp³-hybridized carbons (Fsp3) is 0.361. The molecule has 212 valence electrons. The van der Waals surface area contributed by atoms with E-state index in [1.165, 1.54) is 70.5 Å². The Hall–Kier alpha value is -3.70. The first-order valence-corrected chi connectivity index (χ1v) is 15.0. The molecular weight excluding hydrogens is 511 g/mol. The van der Waals surface area contributed by atoms with Gasteiger partial charge in [0, 0.05) is 36.0 Å². The Morgan fingerprint density at radius 1 is 0.878 bits per heavy atom. The van der Waals surface area contributed by atoms with Gasteiger partial charge in [-0.05, 0) is 91.9 Å². The number of hydrogen-bond donors (Lipinski definition) is 0. The molecule has 1 atom stereocenters. The van der Waals surface area contributed by atoms with E-state index in [1.807, 2.05) is 6.07 Å². The van der Waals surface area contributed by atoms with E-state index in [-0.39, 0.29) is 12.4 Å². The molecule has 0 amide bonds. The monoisotopic (exact) mass is 550 g/mol. The van der Waals surface area contributed by atoms with Crippen molar-refractivity contribution < 1.29 is 13.9 Å². The topological polar surface area (TPSA) is 34.6 Å². The molecule has 6 rings (SSSR count). The number of likely N-dealkylation sites (tertiary alicyclic amines) is 1. The Morgan fingerprint density at radius 2 is 1.71 bits per heavy atom. The normalized spacial score (nSPS) is 16.9. The number of pyridine rings is 1. The highest BCUT2D eigenvalue weighted by molar-refractivity contribution is 5.68. The molecule has 0 N–H and O–H groups in total. The maximum absolute atomic E-state index is 13.9. The number of nitrogens with zero attached hydrogens (tertiary/aromatic N) is 2. The second-order valence-electron chi connectivity index (χ2n) is 11.5. The van der Waals surface area contributed by atoms with Crippen molar-refractivity contribution in [2.24, 2.45) is 0 Å². The first kappa shape index (κ1) is 27.5. The summed E-state index contributed by atoms with van der Waals surface area (Å²) in [6, 6.07) is 21.1. The first-order valence-electron chi connectivity index (χ1n) is 15.0. The van der Waals surface area contributed by atoms with E-state index < -0.39 is 0 Å². The molecule has 1 aliphatic carbocycles. The number of benzene rings is 3. The summed E-state index contributed by atoms with van der Waals surface area (Å²) in [5, 5.41) is 0. The van der Waals surface area contributed by atoms with Gasteiger partial charge in [0.1, 0.15) is 30.5 Å². The van der Waals surface area contributed by atoms with Crippen LogP contribution in [0.25, 0.3) is 11.1 Å². The molecule has 0 bridgehead atoms. The summed E-state index contributed by atoms with van der Waals surface area (Å²) in [6.07, 6.45) is 9.83. The van der Waals surface area contributed by atoms with Crippen LogP contribution in [0.2, 0.25) is 0 Å². The van der Waals surface area contributed by atoms with Gasteiger partial charge in [-0.15, -0.1) is 0 Å². The molecular formula is C36H39FN2O2. The Labute approximate surface area is 243 Å². The largest absolute Gasteiger partial charge is 0.488 e. The van der Waals surface area contributed by atoms with Crippen molar-refractivity contribution in [3.63, 3.8) is 0 Å². The number of aromatic nitrogens is 1.